The maximum atomic E-state index is 12.8. The number of rotatable bonds is 5. The van der Waals surface area contributed by atoms with Crippen molar-refractivity contribution in [1.29, 1.82) is 0 Å². The third kappa shape index (κ3) is 4.49. The van der Waals surface area contributed by atoms with Crippen LogP contribution in [0.3, 0.4) is 0 Å². The van der Waals surface area contributed by atoms with Crippen LogP contribution in [0, 0.1) is 0 Å². The molecule has 2 N–H and O–H groups in total. The first-order valence-corrected chi connectivity index (χ1v) is 9.11. The summed E-state index contributed by atoms with van der Waals surface area (Å²) < 4.78 is 11.5. The first-order valence-electron chi connectivity index (χ1n) is 8.31. The van der Waals surface area contributed by atoms with Gasteiger partial charge in [-0.15, -0.1) is 0 Å². The Bertz CT molecular complexity index is 876. The van der Waals surface area contributed by atoms with Crippen LogP contribution in [-0.4, -0.2) is 19.1 Å². The number of urea groups is 1. The van der Waals surface area contributed by atoms with E-state index in [1.807, 2.05) is 36.4 Å². The van der Waals surface area contributed by atoms with E-state index in [-0.39, 0.29) is 12.6 Å². The van der Waals surface area contributed by atoms with Gasteiger partial charge in [0, 0.05) is 10.2 Å². The Morgan fingerprint density at radius 3 is 2.41 bits per heavy atom. The molecule has 1 heterocycles. The predicted octanol–water partition coefficient (Wildman–Crippen LogP) is 3.83. The zero-order chi connectivity index (χ0) is 19.4. The van der Waals surface area contributed by atoms with Gasteiger partial charge in [-0.05, 0) is 42.3 Å². The van der Waals surface area contributed by atoms with E-state index in [4.69, 9.17) is 9.47 Å². The Kier molecular flexibility index (Phi) is 5.81. The monoisotopic (exact) mass is 430 g/mol. The van der Waals surface area contributed by atoms with Gasteiger partial charge in [-0.1, -0.05) is 40.2 Å². The molecule has 0 fully saturated rings. The molecule has 1 unspecified atom stereocenters. The van der Waals surface area contributed by atoms with E-state index in [1.165, 1.54) is 0 Å². The number of hydrogen-bond donors (Lipinski definition) is 2. The van der Waals surface area contributed by atoms with Crippen molar-refractivity contribution in [3.05, 3.63) is 75.4 Å². The molecule has 0 bridgehead atoms. The van der Waals surface area contributed by atoms with E-state index >= 15 is 0 Å². The number of carbonyl (C=O) groups is 2. The number of hydrogen-bond acceptors (Lipinski definition) is 4. The second-order valence-corrected chi connectivity index (χ2v) is 6.96. The highest BCUT2D eigenvalue weighted by Crippen LogP contribution is 2.28. The van der Waals surface area contributed by atoms with Crippen molar-refractivity contribution in [2.75, 3.05) is 7.11 Å². The fourth-order valence-electron chi connectivity index (χ4n) is 2.82. The lowest BCUT2D eigenvalue weighted by Crippen LogP contribution is -2.45. The molecule has 2 amide bonds. The van der Waals surface area contributed by atoms with Gasteiger partial charge >= 0.3 is 12.0 Å². The smallest absolute Gasteiger partial charge is 0.338 e. The third-order valence-electron chi connectivity index (χ3n) is 4.22. The highest BCUT2D eigenvalue weighted by Gasteiger charge is 2.32. The quantitative estimate of drug-likeness (QED) is 0.706. The third-order valence-corrected chi connectivity index (χ3v) is 4.75. The van der Waals surface area contributed by atoms with Crippen molar-refractivity contribution in [2.24, 2.45) is 0 Å². The molecule has 3 rings (SSSR count). The molecule has 0 radical (unpaired) electrons. The fraction of sp³-hybridized carbons (Fsp3) is 0.200. The minimum absolute atomic E-state index is 0.126. The summed E-state index contributed by atoms with van der Waals surface area (Å²) in [6.45, 7) is 1.81. The van der Waals surface area contributed by atoms with Crippen LogP contribution in [0.4, 0.5) is 4.79 Å². The lowest BCUT2D eigenvalue weighted by atomic mass is 9.96. The molecule has 0 saturated heterocycles. The Balaban J connectivity index is 1.79. The summed E-state index contributed by atoms with van der Waals surface area (Å²) in [5.41, 5.74) is 2.50. The molecule has 140 valence electrons. The average Bonchev–Trinajstić information content (AvgIpc) is 2.66. The van der Waals surface area contributed by atoms with Crippen molar-refractivity contribution < 1.29 is 19.1 Å². The molecule has 2 aromatic rings. The average molecular weight is 431 g/mol. The summed E-state index contributed by atoms with van der Waals surface area (Å²) in [7, 11) is 1.59. The number of esters is 1. The zero-order valence-corrected chi connectivity index (χ0v) is 16.5. The zero-order valence-electron chi connectivity index (χ0n) is 14.9. The molecule has 1 aliphatic rings. The first kappa shape index (κ1) is 19.0. The number of amides is 2. The van der Waals surface area contributed by atoms with Crippen molar-refractivity contribution in [3.8, 4) is 5.75 Å². The van der Waals surface area contributed by atoms with Gasteiger partial charge in [-0.25, -0.2) is 9.59 Å². The summed E-state index contributed by atoms with van der Waals surface area (Å²) in [6.07, 6.45) is 0. The van der Waals surface area contributed by atoms with Crippen LogP contribution in [0.5, 0.6) is 5.75 Å². The predicted molar refractivity (Wildman–Crippen MR) is 104 cm³/mol. The number of benzene rings is 2. The van der Waals surface area contributed by atoms with E-state index in [9.17, 15) is 9.59 Å². The van der Waals surface area contributed by atoms with Crippen LogP contribution in [0.2, 0.25) is 0 Å². The summed E-state index contributed by atoms with van der Waals surface area (Å²) >= 11 is 3.39. The molecular weight excluding hydrogens is 412 g/mol. The van der Waals surface area contributed by atoms with Crippen molar-refractivity contribution >= 4 is 27.9 Å². The highest BCUT2D eigenvalue weighted by atomic mass is 79.9. The molecular formula is C20H19BrN2O4. The number of ether oxygens (including phenoxy) is 2. The van der Waals surface area contributed by atoms with Crippen LogP contribution in [-0.2, 0) is 16.1 Å². The van der Waals surface area contributed by atoms with Crippen LogP contribution < -0.4 is 15.4 Å². The minimum atomic E-state index is -0.574. The number of allylic oxidation sites excluding steroid dienone is 1. The van der Waals surface area contributed by atoms with Gasteiger partial charge in [0.1, 0.15) is 12.4 Å². The van der Waals surface area contributed by atoms with Crippen LogP contribution in [0.15, 0.2) is 64.3 Å². The molecule has 27 heavy (non-hydrogen) atoms. The van der Waals surface area contributed by atoms with E-state index in [2.05, 4.69) is 26.6 Å². The molecule has 0 spiro atoms. The van der Waals surface area contributed by atoms with Gasteiger partial charge in [0.2, 0.25) is 0 Å². The summed E-state index contributed by atoms with van der Waals surface area (Å²) in [5, 5.41) is 5.42. The lowest BCUT2D eigenvalue weighted by molar-refractivity contribution is -0.140. The number of methoxy groups -OCH3 is 1. The molecule has 0 aromatic heterocycles. The molecule has 6 nitrogen and oxygen atoms in total. The lowest BCUT2D eigenvalue weighted by Gasteiger charge is -2.28. The van der Waals surface area contributed by atoms with Crippen LogP contribution >= 0.6 is 15.9 Å². The molecule has 0 aliphatic carbocycles. The second kappa shape index (κ2) is 8.26. The molecule has 7 heteroatoms. The Morgan fingerprint density at radius 1 is 1.11 bits per heavy atom. The Labute approximate surface area is 165 Å². The largest absolute Gasteiger partial charge is 0.497 e. The number of nitrogens with one attached hydrogen (secondary N) is 2. The SMILES string of the molecule is COc1ccc(COC(=O)C2=C(C)NC(=O)NC2c2ccc(Br)cc2)cc1. The number of carbonyl (C=O) groups excluding carboxylic acids is 2. The molecule has 2 aromatic carbocycles. The van der Waals surface area contributed by atoms with Crippen molar-refractivity contribution in [1.82, 2.24) is 10.6 Å². The minimum Gasteiger partial charge on any atom is -0.497 e. The van der Waals surface area contributed by atoms with Crippen molar-refractivity contribution in [3.63, 3.8) is 0 Å². The topological polar surface area (TPSA) is 76.7 Å². The molecule has 1 aliphatic heterocycles. The van der Waals surface area contributed by atoms with Crippen molar-refractivity contribution in [2.45, 2.75) is 19.6 Å². The van der Waals surface area contributed by atoms with Crippen LogP contribution in [0.25, 0.3) is 0 Å². The standard InChI is InChI=1S/C20H19BrN2O4/c1-12-17(19(24)27-11-13-3-9-16(26-2)10-4-13)18(23-20(25)22-12)14-5-7-15(21)8-6-14/h3-10,18H,11H2,1-2H3,(H2,22,23,25). The van der Waals surface area contributed by atoms with Gasteiger partial charge in [0.15, 0.2) is 0 Å². The summed E-state index contributed by atoms with van der Waals surface area (Å²) in [5.74, 6) is 0.252. The first-order chi connectivity index (χ1) is 13.0. The Hall–Kier alpha value is -2.80. The van der Waals surface area contributed by atoms with E-state index in [1.54, 1.807) is 26.2 Å². The van der Waals surface area contributed by atoms with Crippen LogP contribution in [0.1, 0.15) is 24.1 Å². The maximum Gasteiger partial charge on any atom is 0.338 e. The number of halogens is 1. The van der Waals surface area contributed by atoms with E-state index in [0.29, 0.717) is 11.3 Å². The molecule has 0 saturated carbocycles. The fourth-order valence-corrected chi connectivity index (χ4v) is 3.08. The summed E-state index contributed by atoms with van der Waals surface area (Å²) in [6, 6.07) is 13.8. The highest BCUT2D eigenvalue weighted by molar-refractivity contribution is 9.10. The maximum absolute atomic E-state index is 12.8. The normalized spacial score (nSPS) is 16.4. The summed E-state index contributed by atoms with van der Waals surface area (Å²) in [4.78, 5) is 24.7. The van der Waals surface area contributed by atoms with Gasteiger partial charge in [-0.2, -0.15) is 0 Å². The molecule has 1 atom stereocenters. The van der Waals surface area contributed by atoms with Gasteiger partial charge in [-0.3, -0.25) is 0 Å². The Morgan fingerprint density at radius 2 is 1.78 bits per heavy atom. The van der Waals surface area contributed by atoms with Gasteiger partial charge in [0.05, 0.1) is 18.7 Å². The van der Waals surface area contributed by atoms with Gasteiger partial charge in [0.25, 0.3) is 0 Å². The van der Waals surface area contributed by atoms with E-state index < -0.39 is 12.0 Å². The van der Waals surface area contributed by atoms with E-state index in [0.717, 1.165) is 21.3 Å². The second-order valence-electron chi connectivity index (χ2n) is 6.05. The van der Waals surface area contributed by atoms with Gasteiger partial charge < -0.3 is 20.1 Å².